The van der Waals surface area contributed by atoms with Crippen LogP contribution in [0, 0.1) is 0 Å². The van der Waals surface area contributed by atoms with Gasteiger partial charge in [0.15, 0.2) is 11.1 Å². The van der Waals surface area contributed by atoms with Gasteiger partial charge in [-0.3, -0.25) is 5.73 Å². The van der Waals surface area contributed by atoms with E-state index >= 15 is 0 Å². The molecule has 0 saturated heterocycles. The van der Waals surface area contributed by atoms with Crippen LogP contribution in [0.4, 0.5) is 0 Å². The van der Waals surface area contributed by atoms with Crippen molar-refractivity contribution in [2.45, 2.75) is 0 Å². The largest absolute Gasteiger partial charge is 1.00 e. The van der Waals surface area contributed by atoms with Crippen LogP contribution in [0.25, 0.3) is 0 Å². The van der Waals surface area contributed by atoms with E-state index in [4.69, 9.17) is 11.1 Å². The lowest BCUT2D eigenvalue weighted by molar-refractivity contribution is -0.00000226. The van der Waals surface area contributed by atoms with E-state index in [1.54, 1.807) is 18.3 Å². The Kier molecular flexibility index (Phi) is 4.07. The Bertz CT molecular complexity index is 264. The fraction of sp³-hybridized carbons (Fsp3) is 0. The number of aromatic nitrogens is 1. The second-order valence-corrected chi connectivity index (χ2v) is 2.66. The molecule has 1 rings (SSSR count). The van der Waals surface area contributed by atoms with Crippen LogP contribution in [0.2, 0.25) is 0 Å². The van der Waals surface area contributed by atoms with E-state index in [9.17, 15) is 0 Å². The number of amidine groups is 1. The van der Waals surface area contributed by atoms with Gasteiger partial charge in [-0.1, -0.05) is 15.9 Å². The molecule has 0 aliphatic heterocycles. The van der Waals surface area contributed by atoms with Gasteiger partial charge in [-0.05, 0) is 12.1 Å². The molecule has 11 heavy (non-hydrogen) atoms. The SMILES string of the molecule is [Cl-].[N+]=C(N)c1cc(Br)ccn1. The van der Waals surface area contributed by atoms with Crippen molar-refractivity contribution in [3.8, 4) is 0 Å². The zero-order chi connectivity index (χ0) is 7.56. The summed E-state index contributed by atoms with van der Waals surface area (Å²) in [6.07, 6.45) is 1.56. The Morgan fingerprint density at radius 1 is 1.64 bits per heavy atom. The molecule has 2 N–H and O–H groups in total. The predicted octanol–water partition coefficient (Wildman–Crippen LogP) is -2.65. The number of nitrogens with zero attached hydrogens (tertiary/aromatic N) is 2. The molecule has 3 nitrogen and oxygen atoms in total. The first-order chi connectivity index (χ1) is 4.70. The molecule has 5 heteroatoms. The lowest BCUT2D eigenvalue weighted by Crippen LogP contribution is -3.00. The molecule has 58 valence electrons. The molecule has 1 aromatic heterocycles. The number of hydrogen-bond acceptors (Lipinski definition) is 1. The summed E-state index contributed by atoms with van der Waals surface area (Å²) < 4.78 is 0.842. The summed E-state index contributed by atoms with van der Waals surface area (Å²) in [5.74, 6) is -0.263. The normalized spacial score (nSPS) is 8.45. The van der Waals surface area contributed by atoms with Gasteiger partial charge in [0.2, 0.25) is 0 Å². The van der Waals surface area contributed by atoms with Crippen molar-refractivity contribution in [2.75, 3.05) is 0 Å². The van der Waals surface area contributed by atoms with E-state index in [0.717, 1.165) is 4.47 Å². The minimum Gasteiger partial charge on any atom is -1.00 e. The quantitative estimate of drug-likeness (QED) is 0.426. The topological polar surface area (TPSA) is 61.2 Å². The van der Waals surface area contributed by atoms with Crippen LogP contribution in [0.1, 0.15) is 5.69 Å². The Morgan fingerprint density at radius 2 is 2.27 bits per heavy atom. The summed E-state index contributed by atoms with van der Waals surface area (Å²) in [5, 5.41) is 8.76. The van der Waals surface area contributed by atoms with E-state index in [1.165, 1.54) is 0 Å². The number of nitrogens with two attached hydrogens (primary N) is 1. The molecule has 0 aliphatic rings. The van der Waals surface area contributed by atoms with Gasteiger partial charge in [0.1, 0.15) is 0 Å². The minimum atomic E-state index is -0.263. The van der Waals surface area contributed by atoms with E-state index in [0.29, 0.717) is 5.69 Å². The highest BCUT2D eigenvalue weighted by atomic mass is 79.9. The van der Waals surface area contributed by atoms with Gasteiger partial charge in [0, 0.05) is 10.7 Å². The van der Waals surface area contributed by atoms with E-state index < -0.39 is 0 Å². The van der Waals surface area contributed by atoms with Gasteiger partial charge in [0.05, 0.1) is 0 Å². The summed E-state index contributed by atoms with van der Waals surface area (Å²) in [6, 6.07) is 3.39. The highest BCUT2D eigenvalue weighted by Crippen LogP contribution is 2.07. The average molecular weight is 234 g/mol. The molecule has 1 heterocycles. The molecule has 0 bridgehead atoms. The van der Waals surface area contributed by atoms with Crippen LogP contribution in [-0.2, 0) is 0 Å². The molecule has 0 amide bonds. The maximum atomic E-state index is 8.76. The number of halogens is 2. The molecule has 1 aromatic rings. The second kappa shape index (κ2) is 4.31. The number of hydrogen-bond donors (Lipinski definition) is 1. The first kappa shape index (κ1) is 10.4. The monoisotopic (exact) mass is 233 g/mol. The minimum absolute atomic E-state index is 0. The van der Waals surface area contributed by atoms with Crippen LogP contribution in [0.3, 0.4) is 0 Å². The van der Waals surface area contributed by atoms with Crippen LogP contribution in [0.5, 0.6) is 0 Å². The van der Waals surface area contributed by atoms with Crippen LogP contribution in [0.15, 0.2) is 22.8 Å². The molecule has 0 aromatic carbocycles. The van der Waals surface area contributed by atoms with Crippen LogP contribution in [-0.4, -0.2) is 10.8 Å². The number of pyridine rings is 1. The fourth-order valence-electron chi connectivity index (χ4n) is 0.545. The third-order valence-electron chi connectivity index (χ3n) is 0.984. The Balaban J connectivity index is 0.000001000. The highest BCUT2D eigenvalue weighted by Gasteiger charge is 2.06. The van der Waals surface area contributed by atoms with Crippen molar-refractivity contribution in [1.29, 1.82) is 0 Å². The highest BCUT2D eigenvalue weighted by molar-refractivity contribution is 9.10. The zero-order valence-electron chi connectivity index (χ0n) is 5.46. The molecule has 0 spiro atoms. The summed E-state index contributed by atoms with van der Waals surface area (Å²) in [5.41, 5.74) is 5.46. The molecule has 0 saturated carbocycles. The maximum absolute atomic E-state index is 8.76. The van der Waals surface area contributed by atoms with Gasteiger partial charge in [-0.25, -0.2) is 4.98 Å². The standard InChI is InChI=1S/C6H5BrN3.ClH/c7-4-1-2-10-5(3-4)6(8)9;/h1-3H,8H2;1H/q+1;/p-1. The third-order valence-corrected chi connectivity index (χ3v) is 1.48. The van der Waals surface area contributed by atoms with Crippen molar-refractivity contribution >= 4 is 21.8 Å². The zero-order valence-corrected chi connectivity index (χ0v) is 7.80. The summed E-state index contributed by atoms with van der Waals surface area (Å²) in [6.45, 7) is 0. The second-order valence-electron chi connectivity index (χ2n) is 1.74. The molecule has 0 fully saturated rings. The van der Waals surface area contributed by atoms with Gasteiger partial charge in [0.25, 0.3) is 0 Å². The Morgan fingerprint density at radius 3 is 2.64 bits per heavy atom. The maximum Gasteiger partial charge on any atom is 0.393 e. The van der Waals surface area contributed by atoms with Crippen molar-refractivity contribution in [1.82, 2.24) is 10.4 Å². The first-order valence-electron chi connectivity index (χ1n) is 2.63. The van der Waals surface area contributed by atoms with E-state index in [2.05, 4.69) is 20.9 Å². The Labute approximate surface area is 79.1 Å². The van der Waals surface area contributed by atoms with Crippen molar-refractivity contribution in [2.24, 2.45) is 5.73 Å². The lowest BCUT2D eigenvalue weighted by atomic mass is 10.3. The lowest BCUT2D eigenvalue weighted by Gasteiger charge is -1.89. The number of rotatable bonds is 1. The summed E-state index contributed by atoms with van der Waals surface area (Å²) >= 11 is 3.21. The molecule has 0 unspecified atom stereocenters. The van der Waals surface area contributed by atoms with Crippen LogP contribution >= 0.6 is 15.9 Å². The third kappa shape index (κ3) is 2.86. The summed E-state index contributed by atoms with van der Waals surface area (Å²) in [7, 11) is 0. The molecule has 0 aliphatic carbocycles. The predicted molar refractivity (Wildman–Crippen MR) is 42.4 cm³/mol. The van der Waals surface area contributed by atoms with Gasteiger partial charge in [-0.15, -0.1) is 0 Å². The van der Waals surface area contributed by atoms with Crippen molar-refractivity contribution in [3.63, 3.8) is 0 Å². The van der Waals surface area contributed by atoms with Gasteiger partial charge >= 0.3 is 5.84 Å². The van der Waals surface area contributed by atoms with Gasteiger partial charge < -0.3 is 12.4 Å². The average Bonchev–Trinajstić information content (AvgIpc) is 1.88. The fourth-order valence-corrected chi connectivity index (χ4v) is 0.880. The smallest absolute Gasteiger partial charge is 0.393 e. The molecule has 2 radical (unpaired) electrons. The van der Waals surface area contributed by atoms with E-state index in [-0.39, 0.29) is 18.2 Å². The van der Waals surface area contributed by atoms with Gasteiger partial charge in [-0.2, -0.15) is 0 Å². The first-order valence-corrected chi connectivity index (χ1v) is 3.43. The molecule has 0 atom stereocenters. The van der Waals surface area contributed by atoms with E-state index in [1.807, 2.05) is 0 Å². The summed E-state index contributed by atoms with van der Waals surface area (Å²) in [4.78, 5) is 3.80. The molecular formula is C6H5BrClN3. The van der Waals surface area contributed by atoms with Crippen molar-refractivity contribution in [3.05, 3.63) is 28.5 Å². The Hall–Kier alpha value is -0.610. The van der Waals surface area contributed by atoms with Crippen LogP contribution < -0.4 is 23.5 Å². The van der Waals surface area contributed by atoms with Crippen molar-refractivity contribution < 1.29 is 12.4 Å². The molecular weight excluding hydrogens is 229 g/mol.